The Morgan fingerprint density at radius 3 is 2.55 bits per heavy atom. The van der Waals surface area contributed by atoms with Crippen LogP contribution in [0.15, 0.2) is 48.0 Å². The Morgan fingerprint density at radius 1 is 1.21 bits per heavy atom. The van der Waals surface area contributed by atoms with Crippen LogP contribution in [0.4, 0.5) is 0 Å². The maximum atomic E-state index is 13.5. The zero-order valence-electron chi connectivity index (χ0n) is 18.7. The van der Waals surface area contributed by atoms with E-state index in [4.69, 9.17) is 21.7 Å². The third kappa shape index (κ3) is 3.79. The van der Waals surface area contributed by atoms with Gasteiger partial charge in [0.15, 0.2) is 5.96 Å². The van der Waals surface area contributed by atoms with Crippen LogP contribution in [0, 0.1) is 5.41 Å². The van der Waals surface area contributed by atoms with Crippen molar-refractivity contribution in [2.45, 2.75) is 37.1 Å². The first-order valence-electron chi connectivity index (χ1n) is 10.8. The van der Waals surface area contributed by atoms with Gasteiger partial charge in [-0.15, -0.1) is 11.3 Å². The number of benzene rings is 1. The van der Waals surface area contributed by atoms with E-state index in [0.29, 0.717) is 16.8 Å². The number of carbonyl (C=O) groups is 1. The summed E-state index contributed by atoms with van der Waals surface area (Å²) >= 11 is 7.84. The second-order valence-electron chi connectivity index (χ2n) is 8.86. The van der Waals surface area contributed by atoms with Crippen molar-refractivity contribution in [3.05, 3.63) is 69.0 Å². The molecular weight excluding hydrogens is 456 g/mol. The van der Waals surface area contributed by atoms with E-state index in [0.717, 1.165) is 21.6 Å². The summed E-state index contributed by atoms with van der Waals surface area (Å²) in [6, 6.07) is 12.3. The summed E-state index contributed by atoms with van der Waals surface area (Å²) in [6.45, 7) is 2.00. The standard InChI is InChI=1S/C25H25ClN4O2S/c1-25(20-11-18(13-33-20)17-10-19(26)22(32-3)28-12-17)21(23(31)30(2)24(27)29-25)16-8-6-15(7-9-16)14-4-5-14/h6-14,21H,4-5H2,1-3H3,(H2,27,29)/t21-,25-/m1/s1. The molecule has 0 radical (unpaired) electrons. The van der Waals surface area contributed by atoms with Gasteiger partial charge >= 0.3 is 0 Å². The number of amides is 1. The molecule has 3 aromatic rings. The van der Waals surface area contributed by atoms with Crippen molar-refractivity contribution in [3.63, 3.8) is 0 Å². The molecule has 33 heavy (non-hydrogen) atoms. The molecule has 170 valence electrons. The summed E-state index contributed by atoms with van der Waals surface area (Å²) in [4.78, 5) is 20.1. The Morgan fingerprint density at radius 2 is 1.91 bits per heavy atom. The highest BCUT2D eigenvalue weighted by Crippen LogP contribution is 2.46. The second-order valence-corrected chi connectivity index (χ2v) is 10.2. The normalized spacial score (nSPS) is 22.9. The van der Waals surface area contributed by atoms with E-state index in [1.165, 1.54) is 30.4 Å². The molecule has 1 aliphatic heterocycles. The van der Waals surface area contributed by atoms with E-state index in [1.807, 2.05) is 18.4 Å². The topological polar surface area (TPSA) is 78.3 Å². The first-order valence-corrected chi connectivity index (χ1v) is 12.1. The van der Waals surface area contributed by atoms with Gasteiger partial charge in [-0.2, -0.15) is 0 Å². The summed E-state index contributed by atoms with van der Waals surface area (Å²) in [5, 5.41) is 14.2. The van der Waals surface area contributed by atoms with Gasteiger partial charge in [0.1, 0.15) is 5.02 Å². The van der Waals surface area contributed by atoms with Crippen LogP contribution in [0.25, 0.3) is 11.1 Å². The predicted molar refractivity (Wildman–Crippen MR) is 131 cm³/mol. The van der Waals surface area contributed by atoms with Crippen LogP contribution in [-0.4, -0.2) is 35.9 Å². The van der Waals surface area contributed by atoms with Crippen LogP contribution in [0.1, 0.15) is 47.6 Å². The molecule has 2 aliphatic rings. The number of ether oxygens (including phenoxy) is 1. The Balaban J connectivity index is 1.54. The smallest absolute Gasteiger partial charge is 0.239 e. The van der Waals surface area contributed by atoms with Crippen LogP contribution in [0.2, 0.25) is 5.02 Å². The number of nitrogens with zero attached hydrogens (tertiary/aromatic N) is 2. The van der Waals surface area contributed by atoms with Gasteiger partial charge < -0.3 is 10.1 Å². The van der Waals surface area contributed by atoms with Gasteiger partial charge in [-0.3, -0.25) is 15.1 Å². The highest BCUT2D eigenvalue weighted by molar-refractivity contribution is 7.10. The van der Waals surface area contributed by atoms with Crippen LogP contribution in [-0.2, 0) is 10.3 Å². The SMILES string of the molecule is COc1ncc(-c2csc([C@@]3(C)NC(=N)N(C)C(=O)[C@H]3c3ccc(C4CC4)cc3)c2)cc1Cl. The number of pyridine rings is 1. The molecule has 2 N–H and O–H groups in total. The minimum atomic E-state index is -0.769. The Labute approximate surface area is 202 Å². The number of hydrogen-bond acceptors (Lipinski definition) is 5. The van der Waals surface area contributed by atoms with E-state index in [1.54, 1.807) is 24.6 Å². The van der Waals surface area contributed by atoms with Gasteiger partial charge in [0.25, 0.3) is 0 Å². The first-order chi connectivity index (χ1) is 15.8. The minimum Gasteiger partial charge on any atom is -0.480 e. The average molecular weight is 481 g/mol. The summed E-state index contributed by atoms with van der Waals surface area (Å²) in [6.07, 6.45) is 4.20. The number of aromatic nitrogens is 1. The minimum absolute atomic E-state index is 0.0930. The molecular formula is C25H25ClN4O2S. The van der Waals surface area contributed by atoms with Crippen molar-refractivity contribution in [2.24, 2.45) is 0 Å². The number of methoxy groups -OCH3 is 1. The van der Waals surface area contributed by atoms with E-state index >= 15 is 0 Å². The number of halogens is 1. The molecule has 0 unspecified atom stereocenters. The maximum Gasteiger partial charge on any atom is 0.239 e. The third-order valence-electron chi connectivity index (χ3n) is 6.63. The van der Waals surface area contributed by atoms with Gasteiger partial charge in [-0.05, 0) is 59.9 Å². The lowest BCUT2D eigenvalue weighted by Crippen LogP contribution is -2.62. The fourth-order valence-electron chi connectivity index (χ4n) is 4.50. The van der Waals surface area contributed by atoms with Crippen molar-refractivity contribution in [2.75, 3.05) is 14.2 Å². The highest BCUT2D eigenvalue weighted by Gasteiger charge is 2.49. The average Bonchev–Trinajstić information content (AvgIpc) is 3.53. The number of likely N-dealkylation sites (N-methyl/N-ethyl adjacent to an activating group) is 1. The molecule has 6 nitrogen and oxygen atoms in total. The largest absolute Gasteiger partial charge is 0.480 e. The number of nitrogens with one attached hydrogen (secondary N) is 2. The first kappa shape index (κ1) is 21.9. The fourth-order valence-corrected chi connectivity index (χ4v) is 5.81. The number of guanidine groups is 1. The van der Waals surface area contributed by atoms with Crippen LogP contribution < -0.4 is 10.1 Å². The molecule has 1 saturated heterocycles. The van der Waals surface area contributed by atoms with Crippen molar-refractivity contribution in [3.8, 4) is 17.0 Å². The number of thiophene rings is 1. The van der Waals surface area contributed by atoms with Crippen molar-refractivity contribution < 1.29 is 9.53 Å². The molecule has 8 heteroatoms. The molecule has 0 bridgehead atoms. The quantitative estimate of drug-likeness (QED) is 0.516. The van der Waals surface area contributed by atoms with E-state index < -0.39 is 11.5 Å². The molecule has 1 saturated carbocycles. The molecule has 1 amide bonds. The van der Waals surface area contributed by atoms with E-state index in [9.17, 15) is 4.79 Å². The van der Waals surface area contributed by atoms with Gasteiger partial charge in [0, 0.05) is 23.7 Å². The van der Waals surface area contributed by atoms with E-state index in [2.05, 4.69) is 40.6 Å². The lowest BCUT2D eigenvalue weighted by Gasteiger charge is -2.45. The Kier molecular flexibility index (Phi) is 5.41. The highest BCUT2D eigenvalue weighted by atomic mass is 35.5. The third-order valence-corrected chi connectivity index (χ3v) is 8.07. The second kappa shape index (κ2) is 8.15. The lowest BCUT2D eigenvalue weighted by molar-refractivity contribution is -0.131. The van der Waals surface area contributed by atoms with Gasteiger partial charge in [-0.1, -0.05) is 35.9 Å². The molecule has 2 aromatic heterocycles. The molecule has 0 spiro atoms. The van der Waals surface area contributed by atoms with Crippen LogP contribution in [0.3, 0.4) is 0 Å². The summed E-state index contributed by atoms with van der Waals surface area (Å²) in [5.74, 6) is 0.579. The monoisotopic (exact) mass is 480 g/mol. The molecule has 5 rings (SSSR count). The summed E-state index contributed by atoms with van der Waals surface area (Å²) in [5.41, 5.74) is 3.33. The summed E-state index contributed by atoms with van der Waals surface area (Å²) < 4.78 is 5.16. The zero-order chi connectivity index (χ0) is 23.3. The van der Waals surface area contributed by atoms with Crippen molar-refractivity contribution in [1.82, 2.24) is 15.2 Å². The Bertz CT molecular complexity index is 1240. The maximum absolute atomic E-state index is 13.5. The van der Waals surface area contributed by atoms with Gasteiger partial charge in [0.05, 0.1) is 18.6 Å². The van der Waals surface area contributed by atoms with Crippen LogP contribution >= 0.6 is 22.9 Å². The Hall–Kier alpha value is -2.90. The number of hydrogen-bond donors (Lipinski definition) is 2. The van der Waals surface area contributed by atoms with Gasteiger partial charge in [0.2, 0.25) is 11.8 Å². The van der Waals surface area contributed by atoms with E-state index in [-0.39, 0.29) is 11.9 Å². The predicted octanol–water partition coefficient (Wildman–Crippen LogP) is 5.34. The molecule has 3 heterocycles. The van der Waals surface area contributed by atoms with Crippen LogP contribution in [0.5, 0.6) is 5.88 Å². The molecule has 2 fully saturated rings. The molecule has 2 atom stereocenters. The van der Waals surface area contributed by atoms with Gasteiger partial charge in [-0.25, -0.2) is 4.98 Å². The van der Waals surface area contributed by atoms with Crippen molar-refractivity contribution in [1.29, 1.82) is 5.41 Å². The zero-order valence-corrected chi connectivity index (χ0v) is 20.3. The fraction of sp³-hybridized carbons (Fsp3) is 0.320. The summed E-state index contributed by atoms with van der Waals surface area (Å²) in [7, 11) is 3.18. The lowest BCUT2D eigenvalue weighted by atomic mass is 9.76. The molecule has 1 aliphatic carbocycles. The number of rotatable bonds is 5. The van der Waals surface area contributed by atoms with Crippen molar-refractivity contribution >= 4 is 34.8 Å². The number of carbonyl (C=O) groups excluding carboxylic acids is 1. The molecule has 1 aromatic carbocycles.